The molecule has 92 valence electrons. The number of carboxylic acids is 1. The molecule has 0 heterocycles. The van der Waals surface area contributed by atoms with Crippen molar-refractivity contribution in [3.8, 4) is 0 Å². The van der Waals surface area contributed by atoms with Gasteiger partial charge in [0.25, 0.3) is 0 Å². The maximum Gasteiger partial charge on any atom is 0.416 e. The molecular formula is C10H8F3NO3. The van der Waals surface area contributed by atoms with Crippen molar-refractivity contribution < 1.29 is 27.9 Å². The number of alkyl halides is 3. The first-order valence-electron chi connectivity index (χ1n) is 4.38. The van der Waals surface area contributed by atoms with E-state index < -0.39 is 23.4 Å². The van der Waals surface area contributed by atoms with Gasteiger partial charge in [-0.15, -0.1) is 0 Å². The predicted octanol–water partition coefficient (Wildman–Crippen LogP) is 2.14. The zero-order valence-electron chi connectivity index (χ0n) is 8.65. The van der Waals surface area contributed by atoms with Crippen molar-refractivity contribution in [3.63, 3.8) is 0 Å². The van der Waals surface area contributed by atoms with Gasteiger partial charge in [-0.1, -0.05) is 17.3 Å². The summed E-state index contributed by atoms with van der Waals surface area (Å²) in [5.74, 6) is -1.47. The number of hydrogen-bond acceptors (Lipinski definition) is 3. The number of carboxylic acid groups (broad SMARTS) is 1. The number of aliphatic carboxylic acids is 1. The molecule has 0 aliphatic carbocycles. The van der Waals surface area contributed by atoms with E-state index in [1.54, 1.807) is 0 Å². The summed E-state index contributed by atoms with van der Waals surface area (Å²) in [6.07, 6.45) is -4.54. The van der Waals surface area contributed by atoms with Crippen LogP contribution in [0.25, 0.3) is 0 Å². The van der Waals surface area contributed by atoms with Gasteiger partial charge < -0.3 is 9.94 Å². The monoisotopic (exact) mass is 247 g/mol. The molecule has 17 heavy (non-hydrogen) atoms. The first kappa shape index (κ1) is 13.0. The summed E-state index contributed by atoms with van der Waals surface area (Å²) in [5.41, 5.74) is -1.70. The lowest BCUT2D eigenvalue weighted by Crippen LogP contribution is -2.16. The van der Waals surface area contributed by atoms with E-state index in [0.717, 1.165) is 19.2 Å². The molecule has 0 saturated heterocycles. The third-order valence-electron chi connectivity index (χ3n) is 1.85. The van der Waals surface area contributed by atoms with Crippen molar-refractivity contribution in [1.82, 2.24) is 0 Å². The summed E-state index contributed by atoms with van der Waals surface area (Å²) in [7, 11) is 1.11. The highest BCUT2D eigenvalue weighted by Crippen LogP contribution is 2.29. The summed E-state index contributed by atoms with van der Waals surface area (Å²) in [5, 5.41) is 11.9. The molecule has 0 bridgehead atoms. The van der Waals surface area contributed by atoms with Crippen LogP contribution >= 0.6 is 0 Å². The van der Waals surface area contributed by atoms with E-state index in [4.69, 9.17) is 5.11 Å². The summed E-state index contributed by atoms with van der Waals surface area (Å²) in [6.45, 7) is 0. The number of halogens is 3. The molecule has 0 aliphatic heterocycles. The van der Waals surface area contributed by atoms with Crippen LogP contribution in [0.5, 0.6) is 0 Å². The van der Waals surface area contributed by atoms with E-state index in [1.165, 1.54) is 6.07 Å². The Morgan fingerprint density at radius 3 is 2.53 bits per heavy atom. The number of rotatable bonds is 3. The average Bonchev–Trinajstić information content (AvgIpc) is 2.24. The van der Waals surface area contributed by atoms with E-state index in [2.05, 4.69) is 9.99 Å². The number of carbonyl (C=O) groups is 1. The van der Waals surface area contributed by atoms with Crippen LogP contribution in [0.2, 0.25) is 0 Å². The van der Waals surface area contributed by atoms with Gasteiger partial charge in [-0.25, -0.2) is 4.79 Å². The molecule has 1 aromatic carbocycles. The number of benzene rings is 1. The first-order chi connectivity index (χ1) is 7.86. The molecule has 0 fully saturated rings. The molecular weight excluding hydrogens is 239 g/mol. The summed E-state index contributed by atoms with van der Waals surface area (Å²) in [4.78, 5) is 15.0. The van der Waals surface area contributed by atoms with Crippen LogP contribution in [0, 0.1) is 0 Å². The number of oxime groups is 1. The molecule has 7 heteroatoms. The topological polar surface area (TPSA) is 58.9 Å². The first-order valence-corrected chi connectivity index (χ1v) is 4.38. The highest BCUT2D eigenvalue weighted by Gasteiger charge is 2.31. The number of hydrogen-bond donors (Lipinski definition) is 1. The second kappa shape index (κ2) is 4.86. The Hall–Kier alpha value is -2.05. The Balaban J connectivity index is 3.23. The Labute approximate surface area is 94.3 Å². The SMILES string of the molecule is CON=C(C(=O)O)c1cccc(C(F)(F)F)c1. The predicted molar refractivity (Wildman–Crippen MR) is 52.6 cm³/mol. The second-order valence-electron chi connectivity index (χ2n) is 3.01. The van der Waals surface area contributed by atoms with E-state index in [-0.39, 0.29) is 5.56 Å². The number of nitrogens with zero attached hydrogens (tertiary/aromatic N) is 1. The molecule has 1 aromatic rings. The molecule has 0 atom stereocenters. The highest BCUT2D eigenvalue weighted by atomic mass is 19.4. The summed E-state index contributed by atoms with van der Waals surface area (Å²) >= 11 is 0. The zero-order valence-corrected chi connectivity index (χ0v) is 8.65. The molecule has 0 aliphatic rings. The molecule has 4 nitrogen and oxygen atoms in total. The quantitative estimate of drug-likeness (QED) is 0.657. The normalized spacial score (nSPS) is 12.4. The fourth-order valence-corrected chi connectivity index (χ4v) is 1.15. The van der Waals surface area contributed by atoms with Gasteiger partial charge in [0, 0.05) is 5.56 Å². The molecule has 0 radical (unpaired) electrons. The Kier molecular flexibility index (Phi) is 3.72. The summed E-state index contributed by atoms with van der Waals surface area (Å²) < 4.78 is 37.2. The lowest BCUT2D eigenvalue weighted by molar-refractivity contribution is -0.137. The Morgan fingerprint density at radius 2 is 2.06 bits per heavy atom. The van der Waals surface area contributed by atoms with Crippen molar-refractivity contribution in [1.29, 1.82) is 0 Å². The van der Waals surface area contributed by atoms with E-state index in [1.807, 2.05) is 0 Å². The zero-order chi connectivity index (χ0) is 13.1. The van der Waals surface area contributed by atoms with Crippen LogP contribution in [0.4, 0.5) is 13.2 Å². The fourth-order valence-electron chi connectivity index (χ4n) is 1.15. The van der Waals surface area contributed by atoms with E-state index >= 15 is 0 Å². The highest BCUT2D eigenvalue weighted by molar-refractivity contribution is 6.42. The molecule has 1 rings (SSSR count). The Bertz CT molecular complexity index is 454. The van der Waals surface area contributed by atoms with Gasteiger partial charge in [0.15, 0.2) is 5.71 Å². The van der Waals surface area contributed by atoms with Gasteiger partial charge in [0.1, 0.15) is 7.11 Å². The van der Waals surface area contributed by atoms with Crippen LogP contribution in [0.15, 0.2) is 29.4 Å². The largest absolute Gasteiger partial charge is 0.476 e. The third-order valence-corrected chi connectivity index (χ3v) is 1.85. The minimum atomic E-state index is -4.54. The van der Waals surface area contributed by atoms with E-state index in [0.29, 0.717) is 6.07 Å². The van der Waals surface area contributed by atoms with Crippen molar-refractivity contribution >= 4 is 11.7 Å². The minimum absolute atomic E-state index is 0.172. The smallest absolute Gasteiger partial charge is 0.416 e. The van der Waals surface area contributed by atoms with Gasteiger partial charge in [0.05, 0.1) is 5.56 Å². The fraction of sp³-hybridized carbons (Fsp3) is 0.200. The lowest BCUT2D eigenvalue weighted by atomic mass is 10.1. The van der Waals surface area contributed by atoms with Gasteiger partial charge in [0.2, 0.25) is 0 Å². The molecule has 0 amide bonds. The van der Waals surface area contributed by atoms with Crippen LogP contribution in [0.3, 0.4) is 0 Å². The third kappa shape index (κ3) is 3.20. The lowest BCUT2D eigenvalue weighted by Gasteiger charge is -2.08. The van der Waals surface area contributed by atoms with Crippen molar-refractivity contribution in [2.45, 2.75) is 6.18 Å². The second-order valence-corrected chi connectivity index (χ2v) is 3.01. The van der Waals surface area contributed by atoms with Crippen molar-refractivity contribution in [3.05, 3.63) is 35.4 Å². The molecule has 0 saturated carbocycles. The molecule has 0 spiro atoms. The minimum Gasteiger partial charge on any atom is -0.476 e. The van der Waals surface area contributed by atoms with Crippen LogP contribution in [-0.4, -0.2) is 23.9 Å². The summed E-state index contributed by atoms with van der Waals surface area (Å²) in [6, 6.07) is 3.86. The maximum atomic E-state index is 12.4. The van der Waals surface area contributed by atoms with Crippen LogP contribution in [0.1, 0.15) is 11.1 Å². The van der Waals surface area contributed by atoms with E-state index in [9.17, 15) is 18.0 Å². The van der Waals surface area contributed by atoms with Gasteiger partial charge in [-0.05, 0) is 12.1 Å². The average molecular weight is 247 g/mol. The van der Waals surface area contributed by atoms with Gasteiger partial charge in [-0.3, -0.25) is 0 Å². The standard InChI is InChI=1S/C10H8F3NO3/c1-17-14-8(9(15)16)6-3-2-4-7(5-6)10(11,12)13/h2-5H,1H3,(H,15,16). The van der Waals surface area contributed by atoms with Crippen molar-refractivity contribution in [2.75, 3.05) is 7.11 Å². The maximum absolute atomic E-state index is 12.4. The van der Waals surface area contributed by atoms with Gasteiger partial charge in [-0.2, -0.15) is 13.2 Å². The van der Waals surface area contributed by atoms with Gasteiger partial charge >= 0.3 is 12.1 Å². The van der Waals surface area contributed by atoms with Crippen molar-refractivity contribution in [2.24, 2.45) is 5.16 Å². The molecule has 0 unspecified atom stereocenters. The molecule has 1 N–H and O–H groups in total. The Morgan fingerprint density at radius 1 is 1.41 bits per heavy atom. The molecule has 0 aromatic heterocycles. The van der Waals surface area contributed by atoms with Crippen LogP contribution in [-0.2, 0) is 15.8 Å². The van der Waals surface area contributed by atoms with Crippen LogP contribution < -0.4 is 0 Å².